The SMILES string of the molecule is C=C(C)C(=O)N1CCCC1(O)C(=O)O. The molecule has 0 bridgehead atoms. The fourth-order valence-corrected chi connectivity index (χ4v) is 1.53. The molecule has 0 spiro atoms. The molecule has 0 aromatic carbocycles. The van der Waals surface area contributed by atoms with Gasteiger partial charge in [0.1, 0.15) is 0 Å². The first kappa shape index (κ1) is 10.7. The predicted octanol–water partition coefficient (Wildman–Crippen LogP) is -0.0419. The van der Waals surface area contributed by atoms with Gasteiger partial charge in [0.2, 0.25) is 5.72 Å². The van der Waals surface area contributed by atoms with E-state index in [2.05, 4.69) is 6.58 Å². The molecule has 0 aliphatic carbocycles. The minimum atomic E-state index is -2.05. The van der Waals surface area contributed by atoms with Gasteiger partial charge in [0.25, 0.3) is 5.91 Å². The fourth-order valence-electron chi connectivity index (χ4n) is 1.53. The molecule has 1 unspecified atom stereocenters. The summed E-state index contributed by atoms with van der Waals surface area (Å²) in [5, 5.41) is 18.5. The molecule has 5 nitrogen and oxygen atoms in total. The van der Waals surface area contributed by atoms with Gasteiger partial charge in [0.15, 0.2) is 0 Å². The van der Waals surface area contributed by atoms with Gasteiger partial charge >= 0.3 is 5.97 Å². The van der Waals surface area contributed by atoms with E-state index in [1.54, 1.807) is 0 Å². The molecule has 14 heavy (non-hydrogen) atoms. The monoisotopic (exact) mass is 199 g/mol. The normalized spacial score (nSPS) is 26.3. The number of carbonyl (C=O) groups is 2. The Kier molecular flexibility index (Phi) is 2.62. The summed E-state index contributed by atoms with van der Waals surface area (Å²) in [6.07, 6.45) is 0.559. The molecule has 0 aromatic heterocycles. The summed E-state index contributed by atoms with van der Waals surface area (Å²) in [7, 11) is 0. The standard InChI is InChI=1S/C9H13NO4/c1-6(2)7(11)10-5-3-4-9(10,14)8(12)13/h14H,1,3-5H2,2H3,(H,12,13). The number of aliphatic hydroxyl groups is 1. The van der Waals surface area contributed by atoms with E-state index in [9.17, 15) is 14.7 Å². The van der Waals surface area contributed by atoms with E-state index in [1.807, 2.05) is 0 Å². The smallest absolute Gasteiger partial charge is 0.357 e. The van der Waals surface area contributed by atoms with Crippen molar-refractivity contribution in [1.82, 2.24) is 4.90 Å². The Balaban J connectivity index is 2.94. The zero-order valence-electron chi connectivity index (χ0n) is 7.99. The van der Waals surface area contributed by atoms with Crippen molar-refractivity contribution < 1.29 is 19.8 Å². The van der Waals surface area contributed by atoms with Crippen molar-refractivity contribution >= 4 is 11.9 Å². The number of carboxylic acids is 1. The van der Waals surface area contributed by atoms with Crippen LogP contribution >= 0.6 is 0 Å². The van der Waals surface area contributed by atoms with Gasteiger partial charge in [-0.25, -0.2) is 4.79 Å². The second-order valence-corrected chi connectivity index (χ2v) is 3.46. The lowest BCUT2D eigenvalue weighted by molar-refractivity contribution is -0.180. The minimum Gasteiger partial charge on any atom is -0.478 e. The predicted molar refractivity (Wildman–Crippen MR) is 48.3 cm³/mol. The number of nitrogens with zero attached hydrogens (tertiary/aromatic N) is 1. The molecule has 78 valence electrons. The number of likely N-dealkylation sites (tertiary alicyclic amines) is 1. The topological polar surface area (TPSA) is 77.8 Å². The van der Waals surface area contributed by atoms with Crippen LogP contribution in [0.25, 0.3) is 0 Å². The van der Waals surface area contributed by atoms with Crippen LogP contribution in [0.1, 0.15) is 19.8 Å². The average Bonchev–Trinajstić information content (AvgIpc) is 2.47. The quantitative estimate of drug-likeness (QED) is 0.611. The Bertz CT molecular complexity index is 299. The van der Waals surface area contributed by atoms with Crippen LogP contribution in [0.3, 0.4) is 0 Å². The average molecular weight is 199 g/mol. The van der Waals surface area contributed by atoms with Crippen molar-refractivity contribution in [2.45, 2.75) is 25.5 Å². The second kappa shape index (κ2) is 3.42. The number of aliphatic carboxylic acids is 1. The van der Waals surface area contributed by atoms with Crippen LogP contribution in [0.2, 0.25) is 0 Å². The summed E-state index contributed by atoms with van der Waals surface area (Å²) in [5.74, 6) is -1.89. The van der Waals surface area contributed by atoms with Crippen molar-refractivity contribution in [1.29, 1.82) is 0 Å². The molecular weight excluding hydrogens is 186 g/mol. The lowest BCUT2D eigenvalue weighted by Crippen LogP contribution is -2.53. The summed E-state index contributed by atoms with van der Waals surface area (Å²) >= 11 is 0. The first-order valence-corrected chi connectivity index (χ1v) is 4.33. The molecule has 1 amide bonds. The number of amides is 1. The van der Waals surface area contributed by atoms with Crippen molar-refractivity contribution in [2.24, 2.45) is 0 Å². The van der Waals surface area contributed by atoms with Crippen molar-refractivity contribution in [3.8, 4) is 0 Å². The summed E-state index contributed by atoms with van der Waals surface area (Å²) in [4.78, 5) is 23.2. The summed E-state index contributed by atoms with van der Waals surface area (Å²) in [5.41, 5.74) is -1.82. The molecule has 1 aliphatic rings. The number of hydrogen-bond donors (Lipinski definition) is 2. The van der Waals surface area contributed by atoms with Crippen LogP contribution < -0.4 is 0 Å². The molecule has 1 heterocycles. The highest BCUT2D eigenvalue weighted by atomic mass is 16.4. The number of rotatable bonds is 2. The third-order valence-electron chi connectivity index (χ3n) is 2.31. The summed E-state index contributed by atoms with van der Waals surface area (Å²) < 4.78 is 0. The zero-order valence-corrected chi connectivity index (χ0v) is 7.99. The Morgan fingerprint density at radius 1 is 1.50 bits per heavy atom. The molecular formula is C9H13NO4. The maximum absolute atomic E-state index is 11.5. The van der Waals surface area contributed by atoms with Crippen LogP contribution in [-0.4, -0.2) is 39.3 Å². The van der Waals surface area contributed by atoms with E-state index in [1.165, 1.54) is 6.92 Å². The summed E-state index contributed by atoms with van der Waals surface area (Å²) in [6, 6.07) is 0. The van der Waals surface area contributed by atoms with E-state index in [0.717, 1.165) is 4.90 Å². The van der Waals surface area contributed by atoms with Crippen LogP contribution in [0.15, 0.2) is 12.2 Å². The Hall–Kier alpha value is -1.36. The first-order valence-electron chi connectivity index (χ1n) is 4.33. The minimum absolute atomic E-state index is 0.0708. The van der Waals surface area contributed by atoms with Crippen LogP contribution in [0, 0.1) is 0 Å². The Morgan fingerprint density at radius 3 is 2.50 bits per heavy atom. The Morgan fingerprint density at radius 2 is 2.07 bits per heavy atom. The van der Waals surface area contributed by atoms with E-state index in [0.29, 0.717) is 6.42 Å². The second-order valence-electron chi connectivity index (χ2n) is 3.46. The largest absolute Gasteiger partial charge is 0.478 e. The van der Waals surface area contributed by atoms with Gasteiger partial charge < -0.3 is 15.1 Å². The highest BCUT2D eigenvalue weighted by molar-refractivity contribution is 5.96. The van der Waals surface area contributed by atoms with Gasteiger partial charge in [-0.05, 0) is 13.3 Å². The molecule has 1 atom stereocenters. The molecule has 2 N–H and O–H groups in total. The molecule has 0 saturated carbocycles. The fraction of sp³-hybridized carbons (Fsp3) is 0.556. The molecule has 5 heteroatoms. The van der Waals surface area contributed by atoms with E-state index in [-0.39, 0.29) is 18.5 Å². The highest BCUT2D eigenvalue weighted by Gasteiger charge is 2.48. The molecule has 1 fully saturated rings. The molecule has 1 aliphatic heterocycles. The van der Waals surface area contributed by atoms with Crippen molar-refractivity contribution in [3.63, 3.8) is 0 Å². The van der Waals surface area contributed by atoms with Gasteiger partial charge in [-0.3, -0.25) is 4.79 Å². The molecule has 0 radical (unpaired) electrons. The van der Waals surface area contributed by atoms with E-state index < -0.39 is 17.6 Å². The van der Waals surface area contributed by atoms with Gasteiger partial charge in [0, 0.05) is 18.5 Å². The van der Waals surface area contributed by atoms with Gasteiger partial charge in [-0.2, -0.15) is 0 Å². The third-order valence-corrected chi connectivity index (χ3v) is 2.31. The van der Waals surface area contributed by atoms with E-state index >= 15 is 0 Å². The number of hydrogen-bond acceptors (Lipinski definition) is 3. The van der Waals surface area contributed by atoms with Crippen LogP contribution in [0.4, 0.5) is 0 Å². The number of carbonyl (C=O) groups excluding carboxylic acids is 1. The number of carboxylic acid groups (broad SMARTS) is 1. The molecule has 0 aromatic rings. The van der Waals surface area contributed by atoms with Gasteiger partial charge in [-0.1, -0.05) is 6.58 Å². The van der Waals surface area contributed by atoms with Crippen molar-refractivity contribution in [3.05, 3.63) is 12.2 Å². The maximum atomic E-state index is 11.5. The van der Waals surface area contributed by atoms with Crippen LogP contribution in [0.5, 0.6) is 0 Å². The lowest BCUT2D eigenvalue weighted by atomic mass is 10.1. The summed E-state index contributed by atoms with van der Waals surface area (Å²) in [6.45, 7) is 5.18. The molecule has 1 saturated heterocycles. The van der Waals surface area contributed by atoms with Gasteiger partial charge in [0.05, 0.1) is 0 Å². The highest BCUT2D eigenvalue weighted by Crippen LogP contribution is 2.28. The van der Waals surface area contributed by atoms with Crippen LogP contribution in [-0.2, 0) is 9.59 Å². The zero-order chi connectivity index (χ0) is 10.9. The van der Waals surface area contributed by atoms with Gasteiger partial charge in [-0.15, -0.1) is 0 Å². The van der Waals surface area contributed by atoms with E-state index in [4.69, 9.17) is 5.11 Å². The third kappa shape index (κ3) is 1.50. The lowest BCUT2D eigenvalue weighted by Gasteiger charge is -2.29. The maximum Gasteiger partial charge on any atom is 0.357 e. The Labute approximate surface area is 81.6 Å². The molecule has 1 rings (SSSR count). The first-order chi connectivity index (χ1) is 6.39. The van der Waals surface area contributed by atoms with Crippen molar-refractivity contribution in [2.75, 3.05) is 6.54 Å².